The maximum atomic E-state index is 5.97. The van der Waals surface area contributed by atoms with Gasteiger partial charge >= 0.3 is 0 Å². The lowest BCUT2D eigenvalue weighted by atomic mass is 9.92. The Hall–Kier alpha value is -0.910. The quantitative estimate of drug-likeness (QED) is 0.837. The minimum atomic E-state index is -0.285. The van der Waals surface area contributed by atoms with Crippen LogP contribution in [0.25, 0.3) is 0 Å². The molecule has 0 atom stereocenters. The van der Waals surface area contributed by atoms with E-state index in [0.717, 1.165) is 51.0 Å². The molecule has 1 aromatic rings. The van der Waals surface area contributed by atoms with Crippen LogP contribution in [0.4, 0.5) is 0 Å². The Labute approximate surface area is 113 Å². The molecular weight excluding hydrogens is 244 g/mol. The van der Waals surface area contributed by atoms with Crippen LogP contribution in [0.1, 0.15) is 38.2 Å². The lowest BCUT2D eigenvalue weighted by Crippen LogP contribution is -2.37. The fourth-order valence-electron chi connectivity index (χ4n) is 2.85. The smallest absolute Gasteiger partial charge is 0.168 e. The molecule has 2 heterocycles. The van der Waals surface area contributed by atoms with Gasteiger partial charge < -0.3 is 14.2 Å². The van der Waals surface area contributed by atoms with Crippen molar-refractivity contribution in [2.24, 2.45) is 0 Å². The Morgan fingerprint density at radius 1 is 1.37 bits per heavy atom. The Morgan fingerprint density at radius 2 is 2.11 bits per heavy atom. The standard InChI is InChI=1S/C14H22N2O3/c1-2-16-10-12(9-15-16)11-17-13-3-5-14(6-4-13)18-7-8-19-14/h9-10,13H,2-8,11H2,1H3. The molecule has 19 heavy (non-hydrogen) atoms. The van der Waals surface area contributed by atoms with Gasteiger partial charge in [0.25, 0.3) is 0 Å². The lowest BCUT2D eigenvalue weighted by molar-refractivity contribution is -0.192. The molecule has 0 radical (unpaired) electrons. The minimum absolute atomic E-state index is 0.285. The number of nitrogens with zero attached hydrogens (tertiary/aromatic N) is 2. The van der Waals surface area contributed by atoms with Crippen LogP contribution in [0.2, 0.25) is 0 Å². The summed E-state index contributed by atoms with van der Waals surface area (Å²) < 4.78 is 19.3. The average Bonchev–Trinajstić information content (AvgIpc) is 3.08. The molecule has 5 heteroatoms. The van der Waals surface area contributed by atoms with Crippen molar-refractivity contribution in [3.05, 3.63) is 18.0 Å². The molecule has 0 amide bonds. The van der Waals surface area contributed by atoms with Crippen molar-refractivity contribution in [3.8, 4) is 0 Å². The van der Waals surface area contributed by atoms with Gasteiger partial charge in [0.15, 0.2) is 5.79 Å². The van der Waals surface area contributed by atoms with Gasteiger partial charge in [-0.1, -0.05) is 0 Å². The number of ether oxygens (including phenoxy) is 3. The lowest BCUT2D eigenvalue weighted by Gasteiger charge is -2.35. The van der Waals surface area contributed by atoms with E-state index in [1.807, 2.05) is 17.1 Å². The van der Waals surface area contributed by atoms with Crippen molar-refractivity contribution < 1.29 is 14.2 Å². The van der Waals surface area contributed by atoms with E-state index in [1.165, 1.54) is 0 Å². The van der Waals surface area contributed by atoms with Crippen LogP contribution >= 0.6 is 0 Å². The third-order valence-electron chi connectivity index (χ3n) is 4.00. The maximum Gasteiger partial charge on any atom is 0.168 e. The Morgan fingerprint density at radius 3 is 2.74 bits per heavy atom. The van der Waals surface area contributed by atoms with E-state index in [2.05, 4.69) is 12.0 Å². The molecule has 1 aliphatic heterocycles. The molecule has 2 aliphatic rings. The zero-order valence-electron chi connectivity index (χ0n) is 11.5. The average molecular weight is 266 g/mol. The summed E-state index contributed by atoms with van der Waals surface area (Å²) in [6, 6.07) is 0. The largest absolute Gasteiger partial charge is 0.373 e. The third-order valence-corrected chi connectivity index (χ3v) is 4.00. The van der Waals surface area contributed by atoms with Crippen LogP contribution in [0.3, 0.4) is 0 Å². The van der Waals surface area contributed by atoms with E-state index in [1.54, 1.807) is 0 Å². The molecule has 0 bridgehead atoms. The van der Waals surface area contributed by atoms with Crippen LogP contribution < -0.4 is 0 Å². The normalized spacial score (nSPS) is 23.2. The summed E-state index contributed by atoms with van der Waals surface area (Å²) in [6.07, 6.45) is 8.19. The van der Waals surface area contributed by atoms with Crippen molar-refractivity contribution in [2.45, 2.75) is 57.6 Å². The number of hydrogen-bond acceptors (Lipinski definition) is 4. The Balaban J connectivity index is 1.44. The highest BCUT2D eigenvalue weighted by molar-refractivity contribution is 5.02. The number of rotatable bonds is 4. The van der Waals surface area contributed by atoms with Gasteiger partial charge in [0, 0.05) is 31.1 Å². The highest BCUT2D eigenvalue weighted by Crippen LogP contribution is 2.36. The van der Waals surface area contributed by atoms with E-state index < -0.39 is 0 Å². The van der Waals surface area contributed by atoms with Crippen LogP contribution in [0, 0.1) is 0 Å². The first kappa shape index (κ1) is 13.1. The monoisotopic (exact) mass is 266 g/mol. The number of hydrogen-bond donors (Lipinski definition) is 0. The second-order valence-corrected chi connectivity index (χ2v) is 5.32. The van der Waals surface area contributed by atoms with Gasteiger partial charge in [-0.3, -0.25) is 4.68 Å². The maximum absolute atomic E-state index is 5.97. The van der Waals surface area contributed by atoms with Crippen molar-refractivity contribution in [1.82, 2.24) is 9.78 Å². The summed E-state index contributed by atoms with van der Waals surface area (Å²) in [5.74, 6) is -0.285. The number of aryl methyl sites for hydroxylation is 1. The van der Waals surface area contributed by atoms with E-state index in [9.17, 15) is 0 Å². The zero-order chi connectivity index (χ0) is 13.1. The molecule has 0 unspecified atom stereocenters. The second kappa shape index (κ2) is 5.61. The van der Waals surface area contributed by atoms with Crippen molar-refractivity contribution in [1.29, 1.82) is 0 Å². The fraction of sp³-hybridized carbons (Fsp3) is 0.786. The first-order chi connectivity index (χ1) is 9.30. The molecule has 0 N–H and O–H groups in total. The third kappa shape index (κ3) is 2.99. The predicted octanol–water partition coefficient (Wildman–Crippen LogP) is 2.11. The van der Waals surface area contributed by atoms with Gasteiger partial charge in [-0.2, -0.15) is 5.10 Å². The summed E-state index contributed by atoms with van der Waals surface area (Å²) in [7, 11) is 0. The molecule has 1 aliphatic carbocycles. The summed E-state index contributed by atoms with van der Waals surface area (Å²) in [5, 5.41) is 4.25. The minimum Gasteiger partial charge on any atom is -0.373 e. The van der Waals surface area contributed by atoms with Gasteiger partial charge in [0.2, 0.25) is 0 Å². The van der Waals surface area contributed by atoms with E-state index in [4.69, 9.17) is 14.2 Å². The van der Waals surface area contributed by atoms with Crippen LogP contribution in [0.15, 0.2) is 12.4 Å². The summed E-state index contributed by atoms with van der Waals surface area (Å²) in [4.78, 5) is 0. The summed E-state index contributed by atoms with van der Waals surface area (Å²) >= 11 is 0. The van der Waals surface area contributed by atoms with Gasteiger partial charge in [-0.05, 0) is 19.8 Å². The van der Waals surface area contributed by atoms with Crippen LogP contribution in [-0.4, -0.2) is 34.9 Å². The van der Waals surface area contributed by atoms with E-state index in [0.29, 0.717) is 12.7 Å². The Bertz CT molecular complexity index is 403. The molecule has 1 spiro atoms. The molecule has 106 valence electrons. The first-order valence-electron chi connectivity index (χ1n) is 7.20. The highest BCUT2D eigenvalue weighted by Gasteiger charge is 2.40. The zero-order valence-corrected chi connectivity index (χ0v) is 11.5. The number of aromatic nitrogens is 2. The molecule has 1 saturated heterocycles. The van der Waals surface area contributed by atoms with Crippen LogP contribution in [0.5, 0.6) is 0 Å². The first-order valence-corrected chi connectivity index (χ1v) is 7.20. The fourth-order valence-corrected chi connectivity index (χ4v) is 2.85. The predicted molar refractivity (Wildman–Crippen MR) is 69.6 cm³/mol. The molecule has 0 aromatic carbocycles. The van der Waals surface area contributed by atoms with Gasteiger partial charge in [-0.15, -0.1) is 0 Å². The topological polar surface area (TPSA) is 45.5 Å². The summed E-state index contributed by atoms with van der Waals surface area (Å²) in [5.41, 5.74) is 1.15. The molecule has 1 saturated carbocycles. The van der Waals surface area contributed by atoms with Crippen LogP contribution in [-0.2, 0) is 27.4 Å². The van der Waals surface area contributed by atoms with Gasteiger partial charge in [-0.25, -0.2) is 0 Å². The molecule has 2 fully saturated rings. The van der Waals surface area contributed by atoms with Crippen molar-refractivity contribution >= 4 is 0 Å². The SMILES string of the molecule is CCn1cc(COC2CCC3(CC2)OCCO3)cn1. The Kier molecular flexibility index (Phi) is 3.86. The van der Waals surface area contributed by atoms with Crippen molar-refractivity contribution in [2.75, 3.05) is 13.2 Å². The molecule has 3 rings (SSSR count). The molecule has 1 aromatic heterocycles. The van der Waals surface area contributed by atoms with E-state index >= 15 is 0 Å². The van der Waals surface area contributed by atoms with Gasteiger partial charge in [0.05, 0.1) is 32.1 Å². The molecular formula is C14H22N2O3. The van der Waals surface area contributed by atoms with E-state index in [-0.39, 0.29) is 5.79 Å². The highest BCUT2D eigenvalue weighted by atomic mass is 16.7. The van der Waals surface area contributed by atoms with Gasteiger partial charge in [0.1, 0.15) is 0 Å². The summed E-state index contributed by atoms with van der Waals surface area (Å²) in [6.45, 7) is 5.11. The molecule has 5 nitrogen and oxygen atoms in total. The van der Waals surface area contributed by atoms with Crippen molar-refractivity contribution in [3.63, 3.8) is 0 Å². The second-order valence-electron chi connectivity index (χ2n) is 5.32.